The maximum atomic E-state index is 13.1. The maximum Gasteiger partial charge on any atom is 0.348 e. The number of Topliss-reactive ketones (excluding diaryl/α,β-unsaturated/α-hetero) is 1. The van der Waals surface area contributed by atoms with Gasteiger partial charge in [0.05, 0.1) is 31.5 Å². The molecule has 0 spiro atoms. The van der Waals surface area contributed by atoms with Crippen LogP contribution in [0.4, 0.5) is 0 Å². The van der Waals surface area contributed by atoms with Gasteiger partial charge in [0, 0.05) is 12.0 Å². The van der Waals surface area contributed by atoms with Crippen LogP contribution in [0.15, 0.2) is 65.7 Å². The minimum Gasteiger partial charge on any atom is -0.494 e. The van der Waals surface area contributed by atoms with Gasteiger partial charge in [0.15, 0.2) is 5.78 Å². The molecule has 0 amide bonds. The summed E-state index contributed by atoms with van der Waals surface area (Å²) in [5, 5.41) is 0.335. The lowest BCUT2D eigenvalue weighted by molar-refractivity contribution is 0.0514. The number of carbonyl (C=O) groups excluding carboxylic acids is 2. The molecule has 0 fully saturated rings. The van der Waals surface area contributed by atoms with Gasteiger partial charge in [-0.15, -0.1) is 11.3 Å². The van der Waals surface area contributed by atoms with Crippen molar-refractivity contribution in [1.82, 2.24) is 9.55 Å². The molecule has 4 rings (SSSR count). The number of hydrogen-bond acceptors (Lipinski definition) is 7. The monoisotopic (exact) mass is 476 g/mol. The molecule has 0 saturated carbocycles. The van der Waals surface area contributed by atoms with Gasteiger partial charge in [-0.3, -0.25) is 14.2 Å². The summed E-state index contributed by atoms with van der Waals surface area (Å²) >= 11 is 1.12. The Bertz CT molecular complexity index is 1370. The smallest absolute Gasteiger partial charge is 0.348 e. The minimum absolute atomic E-state index is 0.151. The Balaban J connectivity index is 1.49. The third kappa shape index (κ3) is 5.07. The highest BCUT2D eigenvalue weighted by molar-refractivity contribution is 7.20. The number of ether oxygens (including phenoxy) is 2. The number of thiophene rings is 1. The minimum atomic E-state index is -0.479. The molecule has 0 bridgehead atoms. The lowest BCUT2D eigenvalue weighted by Crippen LogP contribution is -2.24. The second-order valence-electron chi connectivity index (χ2n) is 7.67. The van der Waals surface area contributed by atoms with Crippen molar-refractivity contribution in [3.05, 3.63) is 92.8 Å². The quantitative estimate of drug-likeness (QED) is 0.262. The van der Waals surface area contributed by atoms with Crippen molar-refractivity contribution in [3.63, 3.8) is 0 Å². The van der Waals surface area contributed by atoms with Crippen molar-refractivity contribution < 1.29 is 19.1 Å². The summed E-state index contributed by atoms with van der Waals surface area (Å²) in [5.74, 6) is -0.0241. The largest absolute Gasteiger partial charge is 0.494 e. The van der Waals surface area contributed by atoms with Gasteiger partial charge in [0.1, 0.15) is 15.5 Å². The SMILES string of the molecule is CCOc1ccc(C(=O)Cn2cnc3sc(C(=O)OCCc4ccccc4)c(C)c3c2=O)cc1. The van der Waals surface area contributed by atoms with Gasteiger partial charge in [-0.05, 0) is 49.2 Å². The van der Waals surface area contributed by atoms with E-state index >= 15 is 0 Å². The predicted octanol–water partition coefficient (Wildman–Crippen LogP) is 4.45. The summed E-state index contributed by atoms with van der Waals surface area (Å²) in [7, 11) is 0. The summed E-state index contributed by atoms with van der Waals surface area (Å²) < 4.78 is 12.1. The molecular weight excluding hydrogens is 452 g/mol. The molecule has 2 aromatic carbocycles. The molecule has 0 saturated heterocycles. The van der Waals surface area contributed by atoms with E-state index in [1.54, 1.807) is 31.2 Å². The van der Waals surface area contributed by atoms with Gasteiger partial charge in [-0.1, -0.05) is 30.3 Å². The zero-order chi connectivity index (χ0) is 24.1. The van der Waals surface area contributed by atoms with E-state index in [-0.39, 0.29) is 24.5 Å². The first-order chi connectivity index (χ1) is 16.5. The first kappa shape index (κ1) is 23.4. The second-order valence-corrected chi connectivity index (χ2v) is 8.67. The van der Waals surface area contributed by atoms with E-state index in [1.807, 2.05) is 37.3 Å². The molecule has 0 aliphatic rings. The van der Waals surface area contributed by atoms with Crippen molar-refractivity contribution in [2.75, 3.05) is 13.2 Å². The van der Waals surface area contributed by atoms with E-state index in [0.29, 0.717) is 45.0 Å². The highest BCUT2D eigenvalue weighted by Crippen LogP contribution is 2.27. The number of rotatable bonds is 9. The number of hydrogen-bond donors (Lipinski definition) is 0. The van der Waals surface area contributed by atoms with Crippen LogP contribution in [-0.4, -0.2) is 34.5 Å². The molecule has 2 aromatic heterocycles. The molecule has 4 aromatic rings. The van der Waals surface area contributed by atoms with E-state index < -0.39 is 5.97 Å². The number of benzene rings is 2. The summed E-state index contributed by atoms with van der Waals surface area (Å²) in [6.45, 7) is 4.22. The van der Waals surface area contributed by atoms with E-state index in [1.165, 1.54) is 10.9 Å². The molecule has 8 heteroatoms. The molecule has 7 nitrogen and oxygen atoms in total. The number of nitrogens with zero attached hydrogens (tertiary/aromatic N) is 2. The summed E-state index contributed by atoms with van der Waals surface area (Å²) in [5.41, 5.74) is 1.71. The standard InChI is InChI=1S/C26H24N2O5S/c1-3-32-20-11-9-19(10-12-20)21(29)15-28-16-27-24-22(25(28)30)17(2)23(34-24)26(31)33-14-13-18-7-5-4-6-8-18/h4-12,16H,3,13-15H2,1-2H3. The Morgan fingerprint density at radius 2 is 1.79 bits per heavy atom. The van der Waals surface area contributed by atoms with Gasteiger partial charge < -0.3 is 9.47 Å². The zero-order valence-corrected chi connectivity index (χ0v) is 19.8. The van der Waals surface area contributed by atoms with Crippen LogP contribution in [0.5, 0.6) is 5.75 Å². The van der Waals surface area contributed by atoms with Crippen LogP contribution in [-0.2, 0) is 17.7 Å². The van der Waals surface area contributed by atoms with E-state index in [9.17, 15) is 14.4 Å². The van der Waals surface area contributed by atoms with E-state index in [0.717, 1.165) is 16.9 Å². The van der Waals surface area contributed by atoms with E-state index in [2.05, 4.69) is 4.98 Å². The van der Waals surface area contributed by atoms with Crippen molar-refractivity contribution >= 4 is 33.3 Å². The summed E-state index contributed by atoms with van der Waals surface area (Å²) in [6, 6.07) is 16.5. The zero-order valence-electron chi connectivity index (χ0n) is 18.9. The number of aryl methyl sites for hydroxylation is 1. The fourth-order valence-electron chi connectivity index (χ4n) is 3.59. The molecule has 2 heterocycles. The van der Waals surface area contributed by atoms with Crippen molar-refractivity contribution in [2.24, 2.45) is 0 Å². The molecular formula is C26H24N2O5S. The van der Waals surface area contributed by atoms with Crippen molar-refractivity contribution in [3.8, 4) is 5.75 Å². The predicted molar refractivity (Wildman–Crippen MR) is 131 cm³/mol. The Morgan fingerprint density at radius 1 is 1.06 bits per heavy atom. The third-order valence-electron chi connectivity index (χ3n) is 5.37. The molecule has 0 atom stereocenters. The topological polar surface area (TPSA) is 87.5 Å². The van der Waals surface area contributed by atoms with Gasteiger partial charge >= 0.3 is 5.97 Å². The lowest BCUT2D eigenvalue weighted by Gasteiger charge is -2.07. The van der Waals surface area contributed by atoms with Crippen LogP contribution < -0.4 is 10.3 Å². The fourth-order valence-corrected chi connectivity index (χ4v) is 4.62. The number of aromatic nitrogens is 2. The maximum absolute atomic E-state index is 13.1. The molecule has 0 N–H and O–H groups in total. The third-order valence-corrected chi connectivity index (χ3v) is 6.55. The lowest BCUT2D eigenvalue weighted by atomic mass is 10.1. The number of carbonyl (C=O) groups is 2. The molecule has 0 radical (unpaired) electrons. The van der Waals surface area contributed by atoms with Crippen LogP contribution in [0.1, 0.15) is 38.1 Å². The van der Waals surface area contributed by atoms with Crippen LogP contribution in [0.3, 0.4) is 0 Å². The van der Waals surface area contributed by atoms with Crippen LogP contribution >= 0.6 is 11.3 Å². The molecule has 34 heavy (non-hydrogen) atoms. The molecule has 0 unspecified atom stereocenters. The van der Waals surface area contributed by atoms with Gasteiger partial charge in [-0.2, -0.15) is 0 Å². The molecule has 0 aliphatic heterocycles. The van der Waals surface area contributed by atoms with Crippen LogP contribution in [0.2, 0.25) is 0 Å². The summed E-state index contributed by atoms with van der Waals surface area (Å²) in [6.07, 6.45) is 1.95. The molecule has 174 valence electrons. The molecule has 0 aliphatic carbocycles. The summed E-state index contributed by atoms with van der Waals surface area (Å²) in [4.78, 5) is 43.6. The Hall–Kier alpha value is -3.78. The van der Waals surface area contributed by atoms with Gasteiger partial charge in [0.25, 0.3) is 5.56 Å². The first-order valence-electron chi connectivity index (χ1n) is 10.9. The normalized spacial score (nSPS) is 10.9. The van der Waals surface area contributed by atoms with Crippen LogP contribution in [0, 0.1) is 6.92 Å². The van der Waals surface area contributed by atoms with E-state index in [4.69, 9.17) is 9.47 Å². The Labute approximate surface area is 200 Å². The Kier molecular flexibility index (Phi) is 7.18. The number of esters is 1. The second kappa shape index (κ2) is 10.4. The van der Waals surface area contributed by atoms with Crippen molar-refractivity contribution in [2.45, 2.75) is 26.8 Å². The Morgan fingerprint density at radius 3 is 2.50 bits per heavy atom. The highest BCUT2D eigenvalue weighted by atomic mass is 32.1. The van der Waals surface area contributed by atoms with Gasteiger partial charge in [-0.25, -0.2) is 9.78 Å². The highest BCUT2D eigenvalue weighted by Gasteiger charge is 2.21. The van der Waals surface area contributed by atoms with Crippen molar-refractivity contribution in [1.29, 1.82) is 0 Å². The average Bonchev–Trinajstić information content (AvgIpc) is 3.19. The van der Waals surface area contributed by atoms with Gasteiger partial charge in [0.2, 0.25) is 0 Å². The number of fused-ring (bicyclic) bond motifs is 1. The number of ketones is 1. The van der Waals surface area contributed by atoms with Crippen LogP contribution in [0.25, 0.3) is 10.2 Å². The first-order valence-corrected chi connectivity index (χ1v) is 11.7. The average molecular weight is 477 g/mol. The fraction of sp³-hybridized carbons (Fsp3) is 0.231.